The van der Waals surface area contributed by atoms with E-state index in [2.05, 4.69) is 0 Å². The van der Waals surface area contributed by atoms with Crippen LogP contribution < -0.4 is 14.2 Å². The molecule has 0 N–H and O–H groups in total. The van der Waals surface area contributed by atoms with Crippen LogP contribution in [-0.2, 0) is 4.79 Å². The van der Waals surface area contributed by atoms with Crippen molar-refractivity contribution >= 4 is 18.1 Å². The van der Waals surface area contributed by atoms with Gasteiger partial charge in [-0.05, 0) is 42.8 Å². The van der Waals surface area contributed by atoms with Gasteiger partial charge in [-0.15, -0.1) is 0 Å². The van der Waals surface area contributed by atoms with Crippen LogP contribution in [0.4, 0.5) is 0 Å². The predicted octanol–water partition coefficient (Wildman–Crippen LogP) is 4.25. The zero-order chi connectivity index (χ0) is 18.8. The Balaban J connectivity index is 2.13. The van der Waals surface area contributed by atoms with Crippen molar-refractivity contribution in [1.29, 1.82) is 5.26 Å². The van der Waals surface area contributed by atoms with Gasteiger partial charge in [0.15, 0.2) is 11.5 Å². The Bertz CT molecular complexity index is 863. The highest BCUT2D eigenvalue weighted by atomic mass is 16.6. The van der Waals surface area contributed by atoms with E-state index >= 15 is 0 Å². The molecule has 2 aromatic rings. The molecule has 0 aliphatic carbocycles. The molecule has 2 rings (SSSR count). The Hall–Kier alpha value is -3.52. The van der Waals surface area contributed by atoms with Crippen LogP contribution in [0.25, 0.3) is 12.2 Å². The molecular formula is C21H19NO4. The van der Waals surface area contributed by atoms with Crippen molar-refractivity contribution in [2.75, 3.05) is 13.7 Å². The van der Waals surface area contributed by atoms with E-state index in [1.807, 2.05) is 37.3 Å². The fraction of sp³-hybridized carbons (Fsp3) is 0.143. The van der Waals surface area contributed by atoms with Gasteiger partial charge in [0.2, 0.25) is 0 Å². The van der Waals surface area contributed by atoms with Crippen molar-refractivity contribution in [1.82, 2.24) is 0 Å². The molecule has 0 saturated carbocycles. The molecule has 5 heteroatoms. The highest BCUT2D eigenvalue weighted by molar-refractivity contribution is 5.89. The maximum absolute atomic E-state index is 12.1. The third-order valence-corrected chi connectivity index (χ3v) is 3.37. The molecule has 132 valence electrons. The molecule has 0 fully saturated rings. The van der Waals surface area contributed by atoms with Gasteiger partial charge in [0, 0.05) is 17.7 Å². The van der Waals surface area contributed by atoms with Crippen molar-refractivity contribution in [2.45, 2.75) is 6.92 Å². The summed E-state index contributed by atoms with van der Waals surface area (Å²) in [6.45, 7) is 2.44. The average Bonchev–Trinajstić information content (AvgIpc) is 2.66. The SMILES string of the molecule is CCOc1ccccc1/C=C/C(=O)Oc1ccc(/C=C\C#N)cc1OC. The van der Waals surface area contributed by atoms with E-state index in [1.165, 1.54) is 19.3 Å². The van der Waals surface area contributed by atoms with Gasteiger partial charge in [-0.2, -0.15) is 5.26 Å². The first-order chi connectivity index (χ1) is 12.7. The molecule has 0 atom stereocenters. The third kappa shape index (κ3) is 5.25. The number of allylic oxidation sites excluding steroid dienone is 1. The smallest absolute Gasteiger partial charge is 0.336 e. The number of nitriles is 1. The molecule has 26 heavy (non-hydrogen) atoms. The van der Waals surface area contributed by atoms with Crippen molar-refractivity contribution < 1.29 is 19.0 Å². The summed E-state index contributed by atoms with van der Waals surface area (Å²) in [6, 6.07) is 14.4. The maximum Gasteiger partial charge on any atom is 0.336 e. The lowest BCUT2D eigenvalue weighted by atomic mass is 10.2. The van der Waals surface area contributed by atoms with Gasteiger partial charge >= 0.3 is 5.97 Å². The second-order valence-electron chi connectivity index (χ2n) is 5.10. The van der Waals surface area contributed by atoms with Crippen LogP contribution in [0.1, 0.15) is 18.1 Å². The van der Waals surface area contributed by atoms with E-state index in [-0.39, 0.29) is 0 Å². The predicted molar refractivity (Wildman–Crippen MR) is 99.9 cm³/mol. The zero-order valence-electron chi connectivity index (χ0n) is 14.6. The third-order valence-electron chi connectivity index (χ3n) is 3.37. The lowest BCUT2D eigenvalue weighted by Crippen LogP contribution is -2.05. The maximum atomic E-state index is 12.1. The van der Waals surface area contributed by atoms with E-state index in [9.17, 15) is 4.79 Å². The van der Waals surface area contributed by atoms with Gasteiger partial charge < -0.3 is 14.2 Å². The largest absolute Gasteiger partial charge is 0.493 e. The van der Waals surface area contributed by atoms with Crippen LogP contribution in [0.15, 0.2) is 54.6 Å². The molecule has 0 aliphatic heterocycles. The first-order valence-electron chi connectivity index (χ1n) is 8.04. The van der Waals surface area contributed by atoms with Crippen LogP contribution >= 0.6 is 0 Å². The number of nitrogens with zero attached hydrogens (tertiary/aromatic N) is 1. The number of carbonyl (C=O) groups excluding carboxylic acids is 1. The lowest BCUT2D eigenvalue weighted by Gasteiger charge is -2.09. The van der Waals surface area contributed by atoms with Gasteiger partial charge in [-0.25, -0.2) is 4.79 Å². The van der Waals surface area contributed by atoms with Crippen molar-refractivity contribution in [3.63, 3.8) is 0 Å². The van der Waals surface area contributed by atoms with Crippen molar-refractivity contribution in [2.24, 2.45) is 0 Å². The number of esters is 1. The quantitative estimate of drug-likeness (QED) is 0.323. The highest BCUT2D eigenvalue weighted by Gasteiger charge is 2.09. The van der Waals surface area contributed by atoms with E-state index < -0.39 is 5.97 Å². The summed E-state index contributed by atoms with van der Waals surface area (Å²) >= 11 is 0. The molecule has 0 radical (unpaired) electrons. The fourth-order valence-electron chi connectivity index (χ4n) is 2.21. The number of hydrogen-bond donors (Lipinski definition) is 0. The first kappa shape index (κ1) is 18.8. The Morgan fingerprint density at radius 3 is 2.65 bits per heavy atom. The highest BCUT2D eigenvalue weighted by Crippen LogP contribution is 2.29. The van der Waals surface area contributed by atoms with Crippen molar-refractivity contribution in [3.8, 4) is 23.3 Å². The van der Waals surface area contributed by atoms with Gasteiger partial charge in [-0.1, -0.05) is 24.3 Å². The van der Waals surface area contributed by atoms with Gasteiger partial charge in [-0.3, -0.25) is 0 Å². The second-order valence-corrected chi connectivity index (χ2v) is 5.10. The van der Waals surface area contributed by atoms with Crippen LogP contribution in [0.2, 0.25) is 0 Å². The van der Waals surface area contributed by atoms with Crippen LogP contribution in [0.5, 0.6) is 17.2 Å². The molecule has 0 spiro atoms. The number of carbonyl (C=O) groups is 1. The number of rotatable bonds is 7. The standard InChI is InChI=1S/C21H19NO4/c1-3-25-18-9-5-4-8-17(18)11-13-21(23)26-19-12-10-16(7-6-14-22)15-20(19)24-2/h4-13,15H,3H2,1-2H3/b7-6-,13-11+. The minimum atomic E-state index is -0.532. The fourth-order valence-corrected chi connectivity index (χ4v) is 2.21. The molecular weight excluding hydrogens is 330 g/mol. The minimum absolute atomic E-state index is 0.300. The van der Waals surface area contributed by atoms with E-state index in [4.69, 9.17) is 19.5 Å². The molecule has 0 unspecified atom stereocenters. The Morgan fingerprint density at radius 1 is 1.12 bits per heavy atom. The van der Waals surface area contributed by atoms with E-state index in [0.717, 1.165) is 11.1 Å². The summed E-state index contributed by atoms with van der Waals surface area (Å²) in [4.78, 5) is 12.1. The lowest BCUT2D eigenvalue weighted by molar-refractivity contribution is -0.129. The van der Waals surface area contributed by atoms with E-state index in [0.29, 0.717) is 23.9 Å². The van der Waals surface area contributed by atoms with E-state index in [1.54, 1.807) is 30.4 Å². The molecule has 2 aromatic carbocycles. The summed E-state index contributed by atoms with van der Waals surface area (Å²) in [5, 5.41) is 8.58. The molecule has 0 amide bonds. The molecule has 0 aliphatic rings. The van der Waals surface area contributed by atoms with Gasteiger partial charge in [0.25, 0.3) is 0 Å². The van der Waals surface area contributed by atoms with Gasteiger partial charge in [0.1, 0.15) is 5.75 Å². The van der Waals surface area contributed by atoms with Gasteiger partial charge in [0.05, 0.1) is 19.8 Å². The normalized spacial score (nSPS) is 10.7. The van der Waals surface area contributed by atoms with Crippen molar-refractivity contribution in [3.05, 3.63) is 65.7 Å². The summed E-state index contributed by atoms with van der Waals surface area (Å²) in [5.41, 5.74) is 1.56. The molecule has 0 heterocycles. The summed E-state index contributed by atoms with van der Waals surface area (Å²) in [6.07, 6.45) is 5.97. The first-order valence-corrected chi connectivity index (χ1v) is 8.04. The number of hydrogen-bond acceptors (Lipinski definition) is 5. The molecule has 0 bridgehead atoms. The van der Waals surface area contributed by atoms with Crippen LogP contribution in [-0.4, -0.2) is 19.7 Å². The molecule has 0 aromatic heterocycles. The summed E-state index contributed by atoms with van der Waals surface area (Å²) in [7, 11) is 1.48. The topological polar surface area (TPSA) is 68.5 Å². The summed E-state index contributed by atoms with van der Waals surface area (Å²) in [5.74, 6) is 0.871. The van der Waals surface area contributed by atoms with Crippen LogP contribution in [0, 0.1) is 11.3 Å². The van der Waals surface area contributed by atoms with Crippen LogP contribution in [0.3, 0.4) is 0 Å². The number of ether oxygens (including phenoxy) is 3. The minimum Gasteiger partial charge on any atom is -0.493 e. The number of para-hydroxylation sites is 1. The summed E-state index contributed by atoms with van der Waals surface area (Å²) < 4.78 is 16.1. The zero-order valence-corrected chi connectivity index (χ0v) is 14.6. The Morgan fingerprint density at radius 2 is 1.92 bits per heavy atom. The monoisotopic (exact) mass is 349 g/mol. The number of methoxy groups -OCH3 is 1. The number of benzene rings is 2. The molecule has 5 nitrogen and oxygen atoms in total. The molecule has 0 saturated heterocycles. The second kappa shape index (κ2) is 9.70. The Labute approximate surface area is 152 Å². The Kier molecular flexibility index (Phi) is 7.02. The average molecular weight is 349 g/mol.